The Morgan fingerprint density at radius 2 is 1.52 bits per heavy atom. The van der Waals surface area contributed by atoms with Crippen molar-refractivity contribution in [1.29, 1.82) is 0 Å². The molecule has 4 amide bonds. The molecule has 3 unspecified atom stereocenters. The lowest BCUT2D eigenvalue weighted by atomic mass is 10.1. The van der Waals surface area contributed by atoms with Gasteiger partial charge in [0.05, 0.1) is 19.0 Å². The van der Waals surface area contributed by atoms with Crippen LogP contribution in [0.5, 0.6) is 0 Å². The molecule has 0 fully saturated rings. The quantitative estimate of drug-likeness (QED) is 0.0554. The standard InChI is InChI=1S/C18H35N9O6/c19-6-2-1-4-12(17(32)33)27-16(31)11(5-3-7-24-18(22)23)26-14(29)9-25-15(30)10(20)8-13(21)28/h10-12H,1-9,19-20H2,(H2,21,28)(H,25,30)(H,26,29)(H,27,31)(H,32,33)(H4,22,23,24). The van der Waals surface area contributed by atoms with Crippen LogP contribution in [-0.2, 0) is 24.0 Å². The van der Waals surface area contributed by atoms with Gasteiger partial charge in [0.25, 0.3) is 0 Å². The molecule has 0 aromatic heterocycles. The third kappa shape index (κ3) is 14.3. The fraction of sp³-hybridized carbons (Fsp3) is 0.667. The molecule has 0 aliphatic rings. The number of carbonyl (C=O) groups is 5. The average molecular weight is 474 g/mol. The fourth-order valence-electron chi connectivity index (χ4n) is 2.65. The summed E-state index contributed by atoms with van der Waals surface area (Å²) in [4.78, 5) is 62.8. The number of guanidine groups is 1. The highest BCUT2D eigenvalue weighted by Crippen LogP contribution is 2.04. The van der Waals surface area contributed by atoms with Crippen molar-refractivity contribution in [2.45, 2.75) is 56.7 Å². The predicted molar refractivity (Wildman–Crippen MR) is 119 cm³/mol. The normalized spacial score (nSPS) is 13.2. The molecule has 0 aromatic rings. The molecule has 15 heteroatoms. The van der Waals surface area contributed by atoms with E-state index in [0.29, 0.717) is 25.8 Å². The van der Waals surface area contributed by atoms with Gasteiger partial charge in [0.1, 0.15) is 12.1 Å². The van der Waals surface area contributed by atoms with Crippen molar-refractivity contribution in [3.63, 3.8) is 0 Å². The number of aliphatic carboxylic acids is 1. The molecular weight excluding hydrogens is 438 g/mol. The average Bonchev–Trinajstić information content (AvgIpc) is 2.72. The molecule has 0 spiro atoms. The van der Waals surface area contributed by atoms with Crippen LogP contribution in [0.3, 0.4) is 0 Å². The van der Waals surface area contributed by atoms with Crippen LogP contribution in [0, 0.1) is 0 Å². The van der Waals surface area contributed by atoms with E-state index in [2.05, 4.69) is 20.9 Å². The van der Waals surface area contributed by atoms with Gasteiger partial charge >= 0.3 is 5.97 Å². The van der Waals surface area contributed by atoms with Gasteiger partial charge in [-0.05, 0) is 38.6 Å². The van der Waals surface area contributed by atoms with Gasteiger partial charge in [0, 0.05) is 6.54 Å². The van der Waals surface area contributed by atoms with Gasteiger partial charge in [-0.2, -0.15) is 0 Å². The van der Waals surface area contributed by atoms with Gasteiger partial charge in [-0.3, -0.25) is 24.2 Å². The second-order valence-electron chi connectivity index (χ2n) is 7.25. The summed E-state index contributed by atoms with van der Waals surface area (Å²) in [6, 6.07) is -3.49. The van der Waals surface area contributed by atoms with Crippen molar-refractivity contribution in [2.75, 3.05) is 19.6 Å². The topological polar surface area (TPSA) is 284 Å². The fourth-order valence-corrected chi connectivity index (χ4v) is 2.65. The number of hydrogen-bond acceptors (Lipinski definition) is 8. The summed E-state index contributed by atoms with van der Waals surface area (Å²) in [5.74, 6) is -4.36. The van der Waals surface area contributed by atoms with Crippen LogP contribution in [0.4, 0.5) is 0 Å². The Morgan fingerprint density at radius 3 is 2.06 bits per heavy atom. The van der Waals surface area contributed by atoms with E-state index in [4.69, 9.17) is 28.7 Å². The van der Waals surface area contributed by atoms with Crippen LogP contribution in [0.1, 0.15) is 38.5 Å². The monoisotopic (exact) mass is 473 g/mol. The number of nitrogens with zero attached hydrogens (tertiary/aromatic N) is 1. The molecule has 0 bridgehead atoms. The summed E-state index contributed by atoms with van der Waals surface area (Å²) in [5, 5.41) is 16.4. The van der Waals surface area contributed by atoms with Gasteiger partial charge in [0.15, 0.2) is 5.96 Å². The second kappa shape index (κ2) is 16.2. The van der Waals surface area contributed by atoms with Gasteiger partial charge in [-0.15, -0.1) is 0 Å². The largest absolute Gasteiger partial charge is 0.480 e. The zero-order chi connectivity index (χ0) is 25.4. The lowest BCUT2D eigenvalue weighted by Crippen LogP contribution is -2.53. The van der Waals surface area contributed by atoms with Crippen LogP contribution in [0.15, 0.2) is 4.99 Å². The first-order valence-electron chi connectivity index (χ1n) is 10.4. The molecule has 0 rings (SSSR count). The van der Waals surface area contributed by atoms with Gasteiger partial charge in [-0.25, -0.2) is 4.79 Å². The minimum absolute atomic E-state index is 0.0959. The number of primary amides is 1. The van der Waals surface area contributed by atoms with Gasteiger partial charge < -0.3 is 49.7 Å². The number of carboxylic acid groups (broad SMARTS) is 1. The maximum atomic E-state index is 12.7. The Kier molecular flexibility index (Phi) is 14.5. The molecule has 0 saturated heterocycles. The van der Waals surface area contributed by atoms with Crippen molar-refractivity contribution in [1.82, 2.24) is 16.0 Å². The molecule has 0 heterocycles. The molecule has 0 aliphatic heterocycles. The van der Waals surface area contributed by atoms with Crippen molar-refractivity contribution in [3.8, 4) is 0 Å². The van der Waals surface area contributed by atoms with Crippen LogP contribution in [-0.4, -0.2) is 78.4 Å². The summed E-state index contributed by atoms with van der Waals surface area (Å²) in [7, 11) is 0. The summed E-state index contributed by atoms with van der Waals surface area (Å²) < 4.78 is 0. The summed E-state index contributed by atoms with van der Waals surface area (Å²) >= 11 is 0. The van der Waals surface area contributed by atoms with E-state index in [1.807, 2.05) is 0 Å². The van der Waals surface area contributed by atoms with Crippen LogP contribution in [0.2, 0.25) is 0 Å². The number of nitrogens with two attached hydrogens (primary N) is 5. The summed E-state index contributed by atoms with van der Waals surface area (Å²) in [5.41, 5.74) is 26.4. The Bertz CT molecular complexity index is 712. The lowest BCUT2D eigenvalue weighted by Gasteiger charge is -2.21. The highest BCUT2D eigenvalue weighted by molar-refractivity contribution is 5.93. The number of hydrogen-bond donors (Lipinski definition) is 9. The van der Waals surface area contributed by atoms with E-state index in [9.17, 15) is 29.1 Å². The molecule has 0 saturated carbocycles. The Hall–Kier alpha value is -3.46. The summed E-state index contributed by atoms with van der Waals surface area (Å²) in [6.07, 6.45) is 1.25. The van der Waals surface area contributed by atoms with Gasteiger partial charge in [-0.1, -0.05) is 0 Å². The van der Waals surface area contributed by atoms with E-state index in [-0.39, 0.29) is 25.3 Å². The van der Waals surface area contributed by atoms with E-state index < -0.39 is 60.7 Å². The van der Waals surface area contributed by atoms with E-state index in [1.54, 1.807) is 0 Å². The number of rotatable bonds is 17. The van der Waals surface area contributed by atoms with Crippen LogP contribution >= 0.6 is 0 Å². The first-order valence-corrected chi connectivity index (χ1v) is 10.4. The number of amides is 4. The highest BCUT2D eigenvalue weighted by atomic mass is 16.4. The SMILES string of the molecule is NCCCCC(NC(=O)C(CCCN=C(N)N)NC(=O)CNC(=O)C(N)CC(N)=O)C(=O)O. The number of carbonyl (C=O) groups excluding carboxylic acids is 4. The number of nitrogens with one attached hydrogen (secondary N) is 3. The maximum Gasteiger partial charge on any atom is 0.326 e. The third-order valence-electron chi connectivity index (χ3n) is 4.34. The predicted octanol–water partition coefficient (Wildman–Crippen LogP) is -4.46. The number of unbranched alkanes of at least 4 members (excludes halogenated alkanes) is 1. The minimum Gasteiger partial charge on any atom is -0.480 e. The Morgan fingerprint density at radius 1 is 0.879 bits per heavy atom. The zero-order valence-electron chi connectivity index (χ0n) is 18.4. The first-order chi connectivity index (χ1) is 15.5. The third-order valence-corrected chi connectivity index (χ3v) is 4.34. The van der Waals surface area contributed by atoms with Crippen molar-refractivity contribution in [3.05, 3.63) is 0 Å². The van der Waals surface area contributed by atoms with Crippen LogP contribution in [0.25, 0.3) is 0 Å². The molecule has 15 nitrogen and oxygen atoms in total. The van der Waals surface area contributed by atoms with E-state index >= 15 is 0 Å². The molecule has 33 heavy (non-hydrogen) atoms. The molecule has 188 valence electrons. The molecule has 0 aliphatic carbocycles. The molecule has 3 atom stereocenters. The second-order valence-corrected chi connectivity index (χ2v) is 7.25. The van der Waals surface area contributed by atoms with E-state index in [0.717, 1.165) is 0 Å². The van der Waals surface area contributed by atoms with Crippen molar-refractivity contribution >= 4 is 35.6 Å². The molecule has 0 aromatic carbocycles. The number of carboxylic acids is 1. The molecule has 14 N–H and O–H groups in total. The van der Waals surface area contributed by atoms with Crippen LogP contribution < -0.4 is 44.6 Å². The Labute approximate surface area is 191 Å². The van der Waals surface area contributed by atoms with Gasteiger partial charge in [0.2, 0.25) is 23.6 Å². The molecular formula is C18H35N9O6. The van der Waals surface area contributed by atoms with Crippen molar-refractivity contribution in [2.24, 2.45) is 33.7 Å². The summed E-state index contributed by atoms with van der Waals surface area (Å²) in [6.45, 7) is 0.0416. The highest BCUT2D eigenvalue weighted by Gasteiger charge is 2.26. The van der Waals surface area contributed by atoms with E-state index in [1.165, 1.54) is 0 Å². The van der Waals surface area contributed by atoms with Crippen molar-refractivity contribution < 1.29 is 29.1 Å². The maximum absolute atomic E-state index is 12.7. The number of aliphatic imine (C=N–C) groups is 1. The Balaban J connectivity index is 5.04. The smallest absolute Gasteiger partial charge is 0.326 e. The minimum atomic E-state index is -1.22. The molecule has 0 radical (unpaired) electrons. The first kappa shape index (κ1) is 29.5. The zero-order valence-corrected chi connectivity index (χ0v) is 18.4. The lowest BCUT2D eigenvalue weighted by molar-refractivity contribution is -0.142.